The van der Waals surface area contributed by atoms with Gasteiger partial charge in [-0.3, -0.25) is 4.79 Å². The van der Waals surface area contributed by atoms with Crippen LogP contribution >= 0.6 is 0 Å². The summed E-state index contributed by atoms with van der Waals surface area (Å²) in [6.07, 6.45) is 2.60. The summed E-state index contributed by atoms with van der Waals surface area (Å²) in [4.78, 5) is 12.3. The number of hydrogen-bond donors (Lipinski definition) is 0. The highest BCUT2D eigenvalue weighted by Crippen LogP contribution is 2.37. The van der Waals surface area contributed by atoms with Crippen LogP contribution in [0.5, 0.6) is 0 Å². The lowest BCUT2D eigenvalue weighted by Gasteiger charge is -2.12. The first-order valence-electron chi connectivity index (χ1n) is 6.73. The van der Waals surface area contributed by atoms with Crippen molar-refractivity contribution in [3.05, 3.63) is 72.0 Å². The van der Waals surface area contributed by atoms with E-state index in [1.807, 2.05) is 30.3 Å². The first kappa shape index (κ1) is 14.5. The number of benzene rings is 2. The van der Waals surface area contributed by atoms with Gasteiger partial charge in [0.05, 0.1) is 11.2 Å². The number of carbonyl (C=O) groups is 1. The molecule has 0 aromatic heterocycles. The molecule has 0 saturated heterocycles. The second-order valence-corrected chi connectivity index (χ2v) is 7.17. The first-order chi connectivity index (χ1) is 10.5. The lowest BCUT2D eigenvalue weighted by Crippen LogP contribution is -2.09. The van der Waals surface area contributed by atoms with Gasteiger partial charge in [0.2, 0.25) is 0 Å². The normalized spacial score (nSPS) is 18.0. The zero-order chi connectivity index (χ0) is 15.7. The van der Waals surface area contributed by atoms with Gasteiger partial charge in [0, 0.05) is 11.8 Å². The fraction of sp³-hybridized carbons (Fsp3) is 0.118. The third kappa shape index (κ3) is 2.67. The molecule has 0 unspecified atom stereocenters. The molecule has 2 aromatic carbocycles. The van der Waals surface area contributed by atoms with Gasteiger partial charge in [0.25, 0.3) is 0 Å². The number of cyclic esters (lactones) is 1. The molecule has 0 N–H and O–H groups in total. The molecule has 2 aromatic rings. The maximum Gasteiger partial charge on any atom is 0.322 e. The summed E-state index contributed by atoms with van der Waals surface area (Å²) < 4.78 is 28.1. The predicted molar refractivity (Wildman–Crippen MR) is 82.8 cm³/mol. The van der Waals surface area contributed by atoms with Crippen LogP contribution in [-0.2, 0) is 19.4 Å². The van der Waals surface area contributed by atoms with Gasteiger partial charge in [-0.2, -0.15) is 0 Å². The Morgan fingerprint density at radius 3 is 2.18 bits per heavy atom. The Bertz CT molecular complexity index is 834. The SMILES string of the molecule is CS(=O)(=O)c1ccc(C2=COC(=O)[C@@H]2c2ccccc2)cc1. The second-order valence-electron chi connectivity index (χ2n) is 5.15. The van der Waals surface area contributed by atoms with Crippen molar-refractivity contribution in [2.45, 2.75) is 10.8 Å². The molecule has 0 radical (unpaired) electrons. The van der Waals surface area contributed by atoms with Gasteiger partial charge in [0.15, 0.2) is 9.84 Å². The van der Waals surface area contributed by atoms with E-state index in [0.29, 0.717) is 0 Å². The van der Waals surface area contributed by atoms with E-state index in [9.17, 15) is 13.2 Å². The molecule has 112 valence electrons. The highest BCUT2D eigenvalue weighted by atomic mass is 32.2. The standard InChI is InChI=1S/C17H14O4S/c1-22(19,20)14-9-7-12(8-10-14)15-11-21-17(18)16(15)13-5-3-2-4-6-13/h2-11,16H,1H3/t16-/m1/s1. The summed E-state index contributed by atoms with van der Waals surface area (Å²) in [5.74, 6) is -0.807. The minimum Gasteiger partial charge on any atom is -0.433 e. The third-order valence-corrected chi connectivity index (χ3v) is 4.73. The zero-order valence-electron chi connectivity index (χ0n) is 11.9. The highest BCUT2D eigenvalue weighted by molar-refractivity contribution is 7.90. The largest absolute Gasteiger partial charge is 0.433 e. The molecule has 4 nitrogen and oxygen atoms in total. The van der Waals surface area contributed by atoms with Crippen molar-refractivity contribution >= 4 is 21.4 Å². The smallest absolute Gasteiger partial charge is 0.322 e. The van der Waals surface area contributed by atoms with Crippen LogP contribution in [0, 0.1) is 0 Å². The maximum atomic E-state index is 12.0. The monoisotopic (exact) mass is 314 g/mol. The van der Waals surface area contributed by atoms with Crippen molar-refractivity contribution in [3.8, 4) is 0 Å². The van der Waals surface area contributed by atoms with Crippen LogP contribution in [0.3, 0.4) is 0 Å². The average Bonchev–Trinajstić information content (AvgIpc) is 2.89. The number of sulfone groups is 1. The summed E-state index contributed by atoms with van der Waals surface area (Å²) in [5.41, 5.74) is 2.35. The van der Waals surface area contributed by atoms with Gasteiger partial charge in [-0.25, -0.2) is 8.42 Å². The van der Waals surface area contributed by atoms with Crippen LogP contribution in [0.15, 0.2) is 65.8 Å². The Morgan fingerprint density at radius 2 is 1.59 bits per heavy atom. The number of esters is 1. The molecule has 1 aliphatic rings. The molecule has 1 atom stereocenters. The molecule has 5 heteroatoms. The molecule has 0 saturated carbocycles. The van der Waals surface area contributed by atoms with E-state index < -0.39 is 15.8 Å². The molecule has 0 fully saturated rings. The summed E-state index contributed by atoms with van der Waals surface area (Å²) >= 11 is 0. The third-order valence-electron chi connectivity index (χ3n) is 3.60. The molecule has 3 rings (SSSR count). The van der Waals surface area contributed by atoms with Crippen LogP contribution in [0.25, 0.3) is 5.57 Å². The van der Waals surface area contributed by atoms with E-state index in [4.69, 9.17) is 4.74 Å². The van der Waals surface area contributed by atoms with Crippen LogP contribution in [0.2, 0.25) is 0 Å². The minimum absolute atomic E-state index is 0.248. The Hall–Kier alpha value is -2.40. The van der Waals surface area contributed by atoms with E-state index in [1.165, 1.54) is 18.4 Å². The van der Waals surface area contributed by atoms with Crippen molar-refractivity contribution < 1.29 is 17.9 Å². The van der Waals surface area contributed by atoms with E-state index in [2.05, 4.69) is 0 Å². The van der Waals surface area contributed by atoms with Gasteiger partial charge < -0.3 is 4.74 Å². The van der Waals surface area contributed by atoms with E-state index in [0.717, 1.165) is 23.0 Å². The Morgan fingerprint density at radius 1 is 0.955 bits per heavy atom. The highest BCUT2D eigenvalue weighted by Gasteiger charge is 2.32. The number of hydrogen-bond acceptors (Lipinski definition) is 4. The Balaban J connectivity index is 1.99. The zero-order valence-corrected chi connectivity index (χ0v) is 12.7. The topological polar surface area (TPSA) is 60.4 Å². The van der Waals surface area contributed by atoms with Crippen LogP contribution in [0.1, 0.15) is 17.0 Å². The molecular formula is C17H14O4S. The average molecular weight is 314 g/mol. The first-order valence-corrected chi connectivity index (χ1v) is 8.62. The van der Waals surface area contributed by atoms with Gasteiger partial charge >= 0.3 is 5.97 Å². The molecule has 1 aliphatic heterocycles. The summed E-state index contributed by atoms with van der Waals surface area (Å²) in [7, 11) is -3.24. The lowest BCUT2D eigenvalue weighted by molar-refractivity contribution is -0.136. The van der Waals surface area contributed by atoms with Crippen LogP contribution in [-0.4, -0.2) is 20.6 Å². The van der Waals surface area contributed by atoms with Crippen molar-refractivity contribution in [1.82, 2.24) is 0 Å². The van der Waals surface area contributed by atoms with Gasteiger partial charge in [-0.15, -0.1) is 0 Å². The van der Waals surface area contributed by atoms with E-state index in [-0.39, 0.29) is 10.9 Å². The second kappa shape index (κ2) is 5.42. The van der Waals surface area contributed by atoms with Crippen molar-refractivity contribution in [2.75, 3.05) is 6.26 Å². The van der Waals surface area contributed by atoms with E-state index in [1.54, 1.807) is 12.1 Å². The summed E-state index contributed by atoms with van der Waals surface area (Å²) in [6, 6.07) is 15.8. The summed E-state index contributed by atoms with van der Waals surface area (Å²) in [6.45, 7) is 0. The number of ether oxygens (including phenoxy) is 1. The molecule has 0 bridgehead atoms. The fourth-order valence-electron chi connectivity index (χ4n) is 2.48. The van der Waals surface area contributed by atoms with E-state index >= 15 is 0 Å². The molecule has 1 heterocycles. The predicted octanol–water partition coefficient (Wildman–Crippen LogP) is 2.77. The van der Waals surface area contributed by atoms with Crippen LogP contribution < -0.4 is 0 Å². The molecule has 0 aliphatic carbocycles. The van der Waals surface area contributed by atoms with Crippen molar-refractivity contribution in [2.24, 2.45) is 0 Å². The molecular weight excluding hydrogens is 300 g/mol. The van der Waals surface area contributed by atoms with Gasteiger partial charge in [0.1, 0.15) is 5.92 Å². The summed E-state index contributed by atoms with van der Waals surface area (Å²) in [5, 5.41) is 0. The lowest BCUT2D eigenvalue weighted by atomic mass is 9.89. The molecule has 0 spiro atoms. The number of carbonyl (C=O) groups excluding carboxylic acids is 1. The quantitative estimate of drug-likeness (QED) is 0.817. The fourth-order valence-corrected chi connectivity index (χ4v) is 3.11. The van der Waals surface area contributed by atoms with Crippen molar-refractivity contribution in [1.29, 1.82) is 0 Å². The molecule has 0 amide bonds. The maximum absolute atomic E-state index is 12.0. The van der Waals surface area contributed by atoms with Crippen LogP contribution in [0.4, 0.5) is 0 Å². The Labute approximate surface area is 129 Å². The van der Waals surface area contributed by atoms with Gasteiger partial charge in [-0.1, -0.05) is 42.5 Å². The Kier molecular flexibility index (Phi) is 3.58. The minimum atomic E-state index is -3.24. The van der Waals surface area contributed by atoms with Gasteiger partial charge in [-0.05, 0) is 23.3 Å². The number of rotatable bonds is 3. The van der Waals surface area contributed by atoms with Crippen molar-refractivity contribution in [3.63, 3.8) is 0 Å². The molecule has 22 heavy (non-hydrogen) atoms.